The van der Waals surface area contributed by atoms with E-state index >= 15 is 0 Å². The molecule has 4 nitrogen and oxygen atoms in total. The summed E-state index contributed by atoms with van der Waals surface area (Å²) in [4.78, 5) is 12.0. The highest BCUT2D eigenvalue weighted by molar-refractivity contribution is 6.30. The number of carbonyl (C=O) groups is 1. The van der Waals surface area contributed by atoms with Crippen LogP contribution in [0.3, 0.4) is 0 Å². The minimum atomic E-state index is -0.245. The lowest BCUT2D eigenvalue weighted by molar-refractivity contribution is 0.222. The number of nitrogens with one attached hydrogen (secondary N) is 2. The van der Waals surface area contributed by atoms with E-state index in [1.54, 1.807) is 24.3 Å². The molecule has 3 rings (SSSR count). The van der Waals surface area contributed by atoms with E-state index in [0.29, 0.717) is 17.3 Å². The van der Waals surface area contributed by atoms with Gasteiger partial charge in [-0.15, -0.1) is 0 Å². The van der Waals surface area contributed by atoms with Crippen molar-refractivity contribution in [2.45, 2.75) is 12.5 Å². The van der Waals surface area contributed by atoms with Gasteiger partial charge >= 0.3 is 6.03 Å². The molecule has 1 aliphatic heterocycles. The molecular formula is C16H15ClN2O2. The lowest BCUT2D eigenvalue weighted by Gasteiger charge is -2.26. The summed E-state index contributed by atoms with van der Waals surface area (Å²) in [6, 6.07) is 14.6. The van der Waals surface area contributed by atoms with E-state index in [2.05, 4.69) is 10.6 Å². The molecule has 0 saturated heterocycles. The van der Waals surface area contributed by atoms with Crippen LogP contribution in [0.15, 0.2) is 48.5 Å². The maximum atomic E-state index is 12.0. The van der Waals surface area contributed by atoms with Gasteiger partial charge in [-0.3, -0.25) is 0 Å². The average molecular weight is 303 g/mol. The number of hydrogen-bond acceptors (Lipinski definition) is 2. The molecule has 0 unspecified atom stereocenters. The van der Waals surface area contributed by atoms with Gasteiger partial charge in [-0.05, 0) is 42.3 Å². The topological polar surface area (TPSA) is 50.4 Å². The molecule has 1 atom stereocenters. The van der Waals surface area contributed by atoms with Crippen LogP contribution in [-0.2, 0) is 6.42 Å². The third-order valence-corrected chi connectivity index (χ3v) is 3.57. The molecule has 0 saturated carbocycles. The minimum Gasteiger partial charge on any atom is -0.491 e. The molecule has 0 radical (unpaired) electrons. The highest BCUT2D eigenvalue weighted by Gasteiger charge is 2.20. The molecule has 2 aromatic rings. The molecule has 0 aromatic heterocycles. The average Bonchev–Trinajstić information content (AvgIpc) is 2.49. The molecule has 0 fully saturated rings. The van der Waals surface area contributed by atoms with E-state index in [1.807, 2.05) is 24.3 Å². The first kappa shape index (κ1) is 13.8. The summed E-state index contributed by atoms with van der Waals surface area (Å²) >= 11 is 5.81. The van der Waals surface area contributed by atoms with Gasteiger partial charge in [0.2, 0.25) is 0 Å². The number of hydrogen-bond donors (Lipinski definition) is 2. The number of para-hydroxylation sites is 1. The van der Waals surface area contributed by atoms with Crippen molar-refractivity contribution in [3.05, 3.63) is 59.1 Å². The molecule has 21 heavy (non-hydrogen) atoms. The maximum Gasteiger partial charge on any atom is 0.319 e. The van der Waals surface area contributed by atoms with Gasteiger partial charge in [0, 0.05) is 10.7 Å². The Morgan fingerprint density at radius 2 is 1.90 bits per heavy atom. The van der Waals surface area contributed by atoms with Crippen molar-refractivity contribution in [1.29, 1.82) is 0 Å². The van der Waals surface area contributed by atoms with Crippen molar-refractivity contribution in [3.8, 4) is 5.75 Å². The predicted octanol–water partition coefficient (Wildman–Crippen LogP) is 3.47. The SMILES string of the molecule is O=C(Nc1ccc(Cl)cc1)N[C@H]1COc2ccccc2C1. The Hall–Kier alpha value is -2.20. The standard InChI is InChI=1S/C16H15ClN2O2/c17-12-5-7-13(8-6-12)18-16(20)19-14-9-11-3-1-2-4-15(11)21-10-14/h1-8,14H,9-10H2,(H2,18,19,20)/t14-/m1/s1. The molecule has 0 aliphatic carbocycles. The van der Waals surface area contributed by atoms with Crippen LogP contribution in [0.1, 0.15) is 5.56 Å². The zero-order chi connectivity index (χ0) is 14.7. The number of halogens is 1. The Bertz CT molecular complexity index is 643. The Balaban J connectivity index is 1.57. The van der Waals surface area contributed by atoms with Crippen LogP contribution >= 0.6 is 11.6 Å². The van der Waals surface area contributed by atoms with Crippen molar-refractivity contribution in [3.63, 3.8) is 0 Å². The fraction of sp³-hybridized carbons (Fsp3) is 0.188. The molecule has 1 heterocycles. The number of ether oxygens (including phenoxy) is 1. The van der Waals surface area contributed by atoms with Crippen LogP contribution in [0.2, 0.25) is 5.02 Å². The van der Waals surface area contributed by atoms with E-state index in [-0.39, 0.29) is 12.1 Å². The summed E-state index contributed by atoms with van der Waals surface area (Å²) in [7, 11) is 0. The predicted molar refractivity (Wildman–Crippen MR) is 83.0 cm³/mol. The van der Waals surface area contributed by atoms with Crippen molar-refractivity contribution < 1.29 is 9.53 Å². The lowest BCUT2D eigenvalue weighted by Crippen LogP contribution is -2.44. The zero-order valence-electron chi connectivity index (χ0n) is 11.3. The molecule has 2 amide bonds. The molecule has 2 N–H and O–H groups in total. The highest BCUT2D eigenvalue weighted by atomic mass is 35.5. The summed E-state index contributed by atoms with van der Waals surface area (Å²) in [5.74, 6) is 0.897. The number of benzene rings is 2. The fourth-order valence-electron chi connectivity index (χ4n) is 2.31. The number of anilines is 1. The van der Waals surface area contributed by atoms with Crippen LogP contribution in [0.4, 0.5) is 10.5 Å². The van der Waals surface area contributed by atoms with E-state index in [0.717, 1.165) is 17.7 Å². The lowest BCUT2D eigenvalue weighted by atomic mass is 10.0. The Labute approximate surface area is 128 Å². The second kappa shape index (κ2) is 6.06. The summed E-state index contributed by atoms with van der Waals surface area (Å²) in [6.07, 6.45) is 0.768. The molecule has 1 aliphatic rings. The number of amides is 2. The van der Waals surface area contributed by atoms with Gasteiger partial charge in [0.05, 0.1) is 6.04 Å². The number of fused-ring (bicyclic) bond motifs is 1. The third kappa shape index (κ3) is 3.47. The first-order chi connectivity index (χ1) is 10.2. The van der Waals surface area contributed by atoms with Crippen LogP contribution in [-0.4, -0.2) is 18.7 Å². The van der Waals surface area contributed by atoms with Crippen LogP contribution < -0.4 is 15.4 Å². The van der Waals surface area contributed by atoms with Crippen LogP contribution in [0.5, 0.6) is 5.75 Å². The summed E-state index contributed by atoms with van der Waals surface area (Å²) < 4.78 is 5.64. The number of rotatable bonds is 2. The smallest absolute Gasteiger partial charge is 0.319 e. The summed E-state index contributed by atoms with van der Waals surface area (Å²) in [5.41, 5.74) is 1.81. The van der Waals surface area contributed by atoms with Crippen molar-refractivity contribution in [2.75, 3.05) is 11.9 Å². The van der Waals surface area contributed by atoms with Gasteiger partial charge in [0.1, 0.15) is 12.4 Å². The first-order valence-corrected chi connectivity index (χ1v) is 7.12. The molecule has 2 aromatic carbocycles. The molecular weight excluding hydrogens is 288 g/mol. The van der Waals surface area contributed by atoms with Crippen LogP contribution in [0, 0.1) is 0 Å². The Morgan fingerprint density at radius 1 is 1.14 bits per heavy atom. The minimum absolute atomic E-state index is 0.0350. The zero-order valence-corrected chi connectivity index (χ0v) is 12.1. The van der Waals surface area contributed by atoms with Gasteiger partial charge < -0.3 is 15.4 Å². The molecule has 108 valence electrons. The van der Waals surface area contributed by atoms with Crippen molar-refractivity contribution >= 4 is 23.3 Å². The maximum absolute atomic E-state index is 12.0. The van der Waals surface area contributed by atoms with Gasteiger partial charge in [-0.2, -0.15) is 0 Å². The quantitative estimate of drug-likeness (QED) is 0.892. The molecule has 0 spiro atoms. The Morgan fingerprint density at radius 3 is 2.71 bits per heavy atom. The summed E-state index contributed by atoms with van der Waals surface area (Å²) in [6.45, 7) is 0.477. The van der Waals surface area contributed by atoms with Crippen LogP contribution in [0.25, 0.3) is 0 Å². The number of carbonyl (C=O) groups excluding carboxylic acids is 1. The second-order valence-electron chi connectivity index (χ2n) is 4.93. The monoisotopic (exact) mass is 302 g/mol. The Kier molecular flexibility index (Phi) is 3.97. The van der Waals surface area contributed by atoms with E-state index in [1.165, 1.54) is 0 Å². The molecule has 0 bridgehead atoms. The largest absolute Gasteiger partial charge is 0.491 e. The highest BCUT2D eigenvalue weighted by Crippen LogP contribution is 2.23. The van der Waals surface area contributed by atoms with E-state index in [4.69, 9.17) is 16.3 Å². The van der Waals surface area contributed by atoms with Gasteiger partial charge in [-0.1, -0.05) is 29.8 Å². The van der Waals surface area contributed by atoms with Gasteiger partial charge in [0.25, 0.3) is 0 Å². The second-order valence-corrected chi connectivity index (χ2v) is 5.36. The van der Waals surface area contributed by atoms with E-state index < -0.39 is 0 Å². The fourth-order valence-corrected chi connectivity index (χ4v) is 2.43. The normalized spacial score (nSPS) is 16.5. The third-order valence-electron chi connectivity index (χ3n) is 3.32. The summed E-state index contributed by atoms with van der Waals surface area (Å²) in [5, 5.41) is 6.33. The van der Waals surface area contributed by atoms with Gasteiger partial charge in [-0.25, -0.2) is 4.79 Å². The van der Waals surface area contributed by atoms with E-state index in [9.17, 15) is 4.79 Å². The van der Waals surface area contributed by atoms with Crippen molar-refractivity contribution in [1.82, 2.24) is 5.32 Å². The number of urea groups is 1. The first-order valence-electron chi connectivity index (χ1n) is 6.74. The molecule has 5 heteroatoms. The van der Waals surface area contributed by atoms with Crippen molar-refractivity contribution in [2.24, 2.45) is 0 Å². The van der Waals surface area contributed by atoms with Gasteiger partial charge in [0.15, 0.2) is 0 Å².